The molecule has 1 heterocycles. The van der Waals surface area contributed by atoms with E-state index in [-0.39, 0.29) is 35.6 Å². The van der Waals surface area contributed by atoms with Crippen molar-refractivity contribution in [1.29, 1.82) is 0 Å². The number of benzene rings is 2. The number of carbonyl (C=O) groups is 2. The van der Waals surface area contributed by atoms with Crippen molar-refractivity contribution in [2.75, 3.05) is 18.9 Å². The Morgan fingerprint density at radius 2 is 1.90 bits per heavy atom. The zero-order valence-corrected chi connectivity index (χ0v) is 16.4. The highest BCUT2D eigenvalue weighted by atomic mass is 16.6. The zero-order chi connectivity index (χ0) is 21.8. The number of nitro benzene ring substituents is 1. The van der Waals surface area contributed by atoms with Crippen LogP contribution in [0.2, 0.25) is 0 Å². The van der Waals surface area contributed by atoms with Gasteiger partial charge in [-0.3, -0.25) is 29.1 Å². The number of carbonyl (C=O) groups excluding carboxylic acids is 2. The van der Waals surface area contributed by atoms with Gasteiger partial charge in [-0.05, 0) is 25.1 Å². The molecule has 1 N–H and O–H groups in total. The topological polar surface area (TPSA) is 127 Å². The Labute approximate surface area is 170 Å². The molecule has 0 unspecified atom stereocenters. The van der Waals surface area contributed by atoms with Crippen LogP contribution >= 0.6 is 0 Å². The third-order valence-corrected chi connectivity index (χ3v) is 4.47. The molecular formula is C20H19N5O5. The van der Waals surface area contributed by atoms with Gasteiger partial charge in [0.2, 0.25) is 11.8 Å². The summed E-state index contributed by atoms with van der Waals surface area (Å²) >= 11 is 0. The van der Waals surface area contributed by atoms with Crippen LogP contribution in [-0.4, -0.2) is 44.8 Å². The van der Waals surface area contributed by atoms with E-state index in [0.29, 0.717) is 5.69 Å². The molecule has 30 heavy (non-hydrogen) atoms. The molecule has 10 heteroatoms. The largest absolute Gasteiger partial charge is 0.335 e. The van der Waals surface area contributed by atoms with Crippen molar-refractivity contribution >= 4 is 34.1 Å². The van der Waals surface area contributed by atoms with Gasteiger partial charge in [0.1, 0.15) is 6.54 Å². The van der Waals surface area contributed by atoms with Crippen molar-refractivity contribution in [3.63, 3.8) is 0 Å². The maximum Gasteiger partial charge on any atom is 0.271 e. The number of nitro groups is 1. The SMILES string of the molecule is Cc1ccc(NC(=O)CN(C)C(=O)Cn2cnc3cc([N+](=O)[O-])ccc3c2=O)cc1. The summed E-state index contributed by atoms with van der Waals surface area (Å²) in [4.78, 5) is 52.7. The van der Waals surface area contributed by atoms with E-state index in [2.05, 4.69) is 10.3 Å². The van der Waals surface area contributed by atoms with E-state index < -0.39 is 16.4 Å². The summed E-state index contributed by atoms with van der Waals surface area (Å²) in [5.41, 5.74) is 1.17. The molecule has 10 nitrogen and oxygen atoms in total. The number of nitrogens with one attached hydrogen (secondary N) is 1. The summed E-state index contributed by atoms with van der Waals surface area (Å²) in [6.45, 7) is 1.44. The van der Waals surface area contributed by atoms with Gasteiger partial charge in [-0.2, -0.15) is 0 Å². The first kappa shape index (κ1) is 20.6. The number of anilines is 1. The van der Waals surface area contributed by atoms with Crippen molar-refractivity contribution in [3.8, 4) is 0 Å². The van der Waals surface area contributed by atoms with E-state index >= 15 is 0 Å². The number of amides is 2. The Kier molecular flexibility index (Phi) is 5.86. The van der Waals surface area contributed by atoms with Crippen LogP contribution in [0.1, 0.15) is 5.56 Å². The van der Waals surface area contributed by atoms with E-state index in [9.17, 15) is 24.5 Å². The van der Waals surface area contributed by atoms with Gasteiger partial charge in [0.15, 0.2) is 0 Å². The van der Waals surface area contributed by atoms with Gasteiger partial charge in [-0.15, -0.1) is 0 Å². The number of nitrogens with zero attached hydrogens (tertiary/aromatic N) is 4. The second-order valence-corrected chi connectivity index (χ2v) is 6.80. The molecule has 0 radical (unpaired) electrons. The van der Waals surface area contributed by atoms with Gasteiger partial charge in [-0.25, -0.2) is 4.98 Å². The lowest BCUT2D eigenvalue weighted by molar-refractivity contribution is -0.384. The van der Waals surface area contributed by atoms with Gasteiger partial charge in [0.25, 0.3) is 11.2 Å². The maximum atomic E-state index is 12.6. The van der Waals surface area contributed by atoms with E-state index in [0.717, 1.165) is 16.5 Å². The van der Waals surface area contributed by atoms with Crippen LogP contribution in [0.25, 0.3) is 10.9 Å². The van der Waals surface area contributed by atoms with E-state index in [1.807, 2.05) is 19.1 Å². The normalized spacial score (nSPS) is 10.6. The Balaban J connectivity index is 1.67. The van der Waals surface area contributed by atoms with Crippen molar-refractivity contribution in [3.05, 3.63) is 74.8 Å². The average molecular weight is 409 g/mol. The number of hydrogen-bond acceptors (Lipinski definition) is 6. The predicted molar refractivity (Wildman–Crippen MR) is 110 cm³/mol. The standard InChI is InChI=1S/C20H19N5O5/c1-13-3-5-14(6-4-13)22-18(26)10-23(2)19(27)11-24-12-21-17-9-15(25(29)30)7-8-16(17)20(24)28/h3-9,12H,10-11H2,1-2H3,(H,22,26). The molecule has 0 aliphatic rings. The first-order chi connectivity index (χ1) is 14.2. The molecule has 2 aromatic carbocycles. The van der Waals surface area contributed by atoms with E-state index in [1.165, 1.54) is 30.1 Å². The van der Waals surface area contributed by atoms with E-state index in [4.69, 9.17) is 0 Å². The van der Waals surface area contributed by atoms with Crippen LogP contribution < -0.4 is 10.9 Å². The zero-order valence-electron chi connectivity index (χ0n) is 16.4. The lowest BCUT2D eigenvalue weighted by Gasteiger charge is -2.17. The predicted octanol–water partition coefficient (Wildman–Crippen LogP) is 1.71. The number of likely N-dealkylation sites (N-methyl/N-ethyl adjacent to an activating group) is 1. The number of aryl methyl sites for hydroxylation is 1. The fraction of sp³-hybridized carbons (Fsp3) is 0.200. The molecule has 0 atom stereocenters. The Hall–Kier alpha value is -4.08. The molecule has 0 saturated carbocycles. The number of non-ortho nitro benzene ring substituents is 1. The molecule has 3 rings (SSSR count). The average Bonchev–Trinajstić information content (AvgIpc) is 2.71. The summed E-state index contributed by atoms with van der Waals surface area (Å²) in [7, 11) is 1.46. The fourth-order valence-electron chi connectivity index (χ4n) is 2.78. The molecule has 0 bridgehead atoms. The minimum absolute atomic E-state index is 0.163. The first-order valence-electron chi connectivity index (χ1n) is 8.98. The van der Waals surface area contributed by atoms with Crippen molar-refractivity contribution < 1.29 is 14.5 Å². The summed E-state index contributed by atoms with van der Waals surface area (Å²) in [6.07, 6.45) is 1.16. The first-order valence-corrected chi connectivity index (χ1v) is 8.98. The number of hydrogen-bond donors (Lipinski definition) is 1. The molecule has 0 fully saturated rings. The van der Waals surface area contributed by atoms with Gasteiger partial charge in [0, 0.05) is 24.9 Å². The number of fused-ring (bicyclic) bond motifs is 1. The summed E-state index contributed by atoms with van der Waals surface area (Å²) in [6, 6.07) is 11.0. The third-order valence-electron chi connectivity index (χ3n) is 4.47. The molecule has 0 aliphatic heterocycles. The van der Waals surface area contributed by atoms with Crippen LogP contribution in [0.3, 0.4) is 0 Å². The van der Waals surface area contributed by atoms with Crippen molar-refractivity contribution in [2.45, 2.75) is 13.5 Å². The van der Waals surface area contributed by atoms with Crippen molar-refractivity contribution in [2.24, 2.45) is 0 Å². The molecule has 0 saturated heterocycles. The van der Waals surface area contributed by atoms with Crippen LogP contribution in [0.5, 0.6) is 0 Å². The molecule has 2 amide bonds. The molecule has 0 spiro atoms. The maximum absolute atomic E-state index is 12.6. The molecular weight excluding hydrogens is 390 g/mol. The summed E-state index contributed by atoms with van der Waals surface area (Å²) in [5, 5.41) is 13.7. The fourth-order valence-corrected chi connectivity index (χ4v) is 2.78. The lowest BCUT2D eigenvalue weighted by Crippen LogP contribution is -2.38. The van der Waals surface area contributed by atoms with Gasteiger partial charge in [0.05, 0.1) is 28.7 Å². The lowest BCUT2D eigenvalue weighted by atomic mass is 10.2. The highest BCUT2D eigenvalue weighted by molar-refractivity contribution is 5.94. The molecule has 1 aromatic heterocycles. The smallest absolute Gasteiger partial charge is 0.271 e. The van der Waals surface area contributed by atoms with Gasteiger partial charge < -0.3 is 10.2 Å². The highest BCUT2D eigenvalue weighted by Gasteiger charge is 2.16. The van der Waals surface area contributed by atoms with Crippen LogP contribution in [0.4, 0.5) is 11.4 Å². The second-order valence-electron chi connectivity index (χ2n) is 6.80. The molecule has 154 valence electrons. The van der Waals surface area contributed by atoms with E-state index in [1.54, 1.807) is 12.1 Å². The minimum Gasteiger partial charge on any atom is -0.335 e. The summed E-state index contributed by atoms with van der Waals surface area (Å²) in [5.74, 6) is -0.829. The summed E-state index contributed by atoms with van der Waals surface area (Å²) < 4.78 is 1.10. The molecule has 0 aliphatic carbocycles. The Morgan fingerprint density at radius 3 is 2.57 bits per heavy atom. The second kappa shape index (κ2) is 8.52. The van der Waals surface area contributed by atoms with Gasteiger partial charge in [-0.1, -0.05) is 17.7 Å². The number of rotatable bonds is 6. The molecule has 3 aromatic rings. The third kappa shape index (κ3) is 4.66. The van der Waals surface area contributed by atoms with Crippen LogP contribution in [0.15, 0.2) is 53.6 Å². The quantitative estimate of drug-likeness (QED) is 0.488. The Bertz CT molecular complexity index is 1190. The van der Waals surface area contributed by atoms with Gasteiger partial charge >= 0.3 is 0 Å². The van der Waals surface area contributed by atoms with Crippen LogP contribution in [0, 0.1) is 17.0 Å². The Morgan fingerprint density at radius 1 is 1.20 bits per heavy atom. The number of aromatic nitrogens is 2. The minimum atomic E-state index is -0.577. The van der Waals surface area contributed by atoms with Crippen LogP contribution in [-0.2, 0) is 16.1 Å². The monoisotopic (exact) mass is 409 g/mol. The van der Waals surface area contributed by atoms with Crippen molar-refractivity contribution in [1.82, 2.24) is 14.5 Å². The highest BCUT2D eigenvalue weighted by Crippen LogP contribution is 2.16.